The van der Waals surface area contributed by atoms with E-state index in [0.29, 0.717) is 12.2 Å². The van der Waals surface area contributed by atoms with Gasteiger partial charge in [-0.2, -0.15) is 0 Å². The first kappa shape index (κ1) is 17.1. The Morgan fingerprint density at radius 3 is 2.92 bits per heavy atom. The number of carbonyl (C=O) groups excluding carboxylic acids is 1. The Balaban J connectivity index is 1.64. The molecule has 5 nitrogen and oxygen atoms in total. The Labute approximate surface area is 149 Å². The van der Waals surface area contributed by atoms with Gasteiger partial charge in [0, 0.05) is 36.0 Å². The van der Waals surface area contributed by atoms with E-state index in [0.717, 1.165) is 40.8 Å². The maximum Gasteiger partial charge on any atom is 0.274 e. The van der Waals surface area contributed by atoms with Crippen LogP contribution in [0.5, 0.6) is 0 Å². The molecule has 0 unspecified atom stereocenters. The summed E-state index contributed by atoms with van der Waals surface area (Å²) in [6.45, 7) is 4.29. The minimum absolute atomic E-state index is 0.223. The minimum atomic E-state index is -0.226. The number of halogens is 1. The monoisotopic (exact) mass is 389 g/mol. The van der Waals surface area contributed by atoms with Gasteiger partial charge < -0.3 is 10.4 Å². The van der Waals surface area contributed by atoms with E-state index in [1.54, 1.807) is 12.3 Å². The van der Waals surface area contributed by atoms with E-state index in [-0.39, 0.29) is 12.0 Å². The highest BCUT2D eigenvalue weighted by Crippen LogP contribution is 2.23. The average Bonchev–Trinajstić information content (AvgIpc) is 2.97. The Morgan fingerprint density at radius 2 is 2.25 bits per heavy atom. The summed E-state index contributed by atoms with van der Waals surface area (Å²) in [5.74, 6) is -0.223. The highest BCUT2D eigenvalue weighted by molar-refractivity contribution is 9.10. The number of likely N-dealkylation sites (tertiary alicyclic amines) is 1. The van der Waals surface area contributed by atoms with Gasteiger partial charge in [-0.3, -0.25) is 14.7 Å². The molecule has 1 aliphatic rings. The van der Waals surface area contributed by atoms with Gasteiger partial charge in [0.05, 0.1) is 6.10 Å². The van der Waals surface area contributed by atoms with Crippen LogP contribution in [0.2, 0.25) is 0 Å². The van der Waals surface area contributed by atoms with Crippen LogP contribution in [-0.2, 0) is 6.54 Å². The van der Waals surface area contributed by atoms with E-state index in [1.807, 2.05) is 31.2 Å². The molecule has 2 N–H and O–H groups in total. The number of benzene rings is 1. The van der Waals surface area contributed by atoms with Crippen molar-refractivity contribution in [2.75, 3.05) is 18.4 Å². The highest BCUT2D eigenvalue weighted by atomic mass is 79.9. The lowest BCUT2D eigenvalue weighted by atomic mass is 10.2. The number of anilines is 1. The van der Waals surface area contributed by atoms with Gasteiger partial charge in [0.2, 0.25) is 0 Å². The van der Waals surface area contributed by atoms with Crippen LogP contribution in [0.1, 0.15) is 28.0 Å². The zero-order chi connectivity index (χ0) is 17.1. The second-order valence-electron chi connectivity index (χ2n) is 6.10. The molecular formula is C18H20BrN3O2. The van der Waals surface area contributed by atoms with Crippen LogP contribution < -0.4 is 5.32 Å². The lowest BCUT2D eigenvalue weighted by Crippen LogP contribution is -2.21. The van der Waals surface area contributed by atoms with Gasteiger partial charge in [0.25, 0.3) is 5.91 Å². The van der Waals surface area contributed by atoms with Crippen molar-refractivity contribution >= 4 is 27.5 Å². The SMILES string of the molecule is Cc1c(Br)cccc1NC(=O)c1ccc(CN2CC[C@@H](O)C2)cn1. The van der Waals surface area contributed by atoms with Crippen molar-refractivity contribution in [3.05, 3.63) is 57.8 Å². The summed E-state index contributed by atoms with van der Waals surface area (Å²) >= 11 is 3.46. The molecule has 1 saturated heterocycles. The van der Waals surface area contributed by atoms with Crippen LogP contribution in [0.3, 0.4) is 0 Å². The molecule has 1 fully saturated rings. The molecule has 0 saturated carbocycles. The summed E-state index contributed by atoms with van der Waals surface area (Å²) in [5, 5.41) is 12.5. The fraction of sp³-hybridized carbons (Fsp3) is 0.333. The fourth-order valence-corrected chi connectivity index (χ4v) is 3.16. The van der Waals surface area contributed by atoms with Crippen LogP contribution in [0.25, 0.3) is 0 Å². The largest absolute Gasteiger partial charge is 0.392 e. The number of aliphatic hydroxyl groups is 1. The van der Waals surface area contributed by atoms with Crippen molar-refractivity contribution in [3.8, 4) is 0 Å². The van der Waals surface area contributed by atoms with Gasteiger partial charge in [-0.05, 0) is 42.7 Å². The van der Waals surface area contributed by atoms with Crippen LogP contribution in [-0.4, -0.2) is 40.1 Å². The van der Waals surface area contributed by atoms with E-state index in [2.05, 4.69) is 31.1 Å². The zero-order valence-corrected chi connectivity index (χ0v) is 15.1. The minimum Gasteiger partial charge on any atom is -0.392 e. The fourth-order valence-electron chi connectivity index (χ4n) is 2.80. The molecule has 126 valence electrons. The third-order valence-corrected chi connectivity index (χ3v) is 5.09. The molecule has 2 heterocycles. The van der Waals surface area contributed by atoms with Gasteiger partial charge in [0.1, 0.15) is 5.69 Å². The molecule has 1 amide bonds. The predicted molar refractivity (Wildman–Crippen MR) is 97.0 cm³/mol. The first-order valence-corrected chi connectivity index (χ1v) is 8.74. The summed E-state index contributed by atoms with van der Waals surface area (Å²) in [6.07, 6.45) is 2.32. The summed E-state index contributed by atoms with van der Waals surface area (Å²) in [5.41, 5.74) is 3.18. The topological polar surface area (TPSA) is 65.5 Å². The Morgan fingerprint density at radius 1 is 1.42 bits per heavy atom. The van der Waals surface area contributed by atoms with Gasteiger partial charge in [-0.15, -0.1) is 0 Å². The number of pyridine rings is 1. The van der Waals surface area contributed by atoms with Crippen molar-refractivity contribution in [2.45, 2.75) is 26.0 Å². The van der Waals surface area contributed by atoms with Crippen LogP contribution in [0.15, 0.2) is 41.0 Å². The zero-order valence-electron chi connectivity index (χ0n) is 13.5. The molecule has 1 aromatic carbocycles. The number of aliphatic hydroxyl groups excluding tert-OH is 1. The molecular weight excluding hydrogens is 370 g/mol. The first-order valence-electron chi connectivity index (χ1n) is 7.95. The normalized spacial score (nSPS) is 17.9. The number of aromatic nitrogens is 1. The molecule has 1 aromatic heterocycles. The molecule has 0 aliphatic carbocycles. The number of β-amino-alcohol motifs (C(OH)–C–C–N with tert-alkyl or cyclic N) is 1. The van der Waals surface area contributed by atoms with Crippen molar-refractivity contribution in [1.82, 2.24) is 9.88 Å². The third-order valence-electron chi connectivity index (χ3n) is 4.23. The molecule has 0 spiro atoms. The van der Waals surface area contributed by atoms with Crippen molar-refractivity contribution in [3.63, 3.8) is 0 Å². The third kappa shape index (κ3) is 4.01. The maximum absolute atomic E-state index is 12.3. The summed E-state index contributed by atoms with van der Waals surface area (Å²) in [4.78, 5) is 18.8. The standard InChI is InChI=1S/C18H20BrN3O2/c1-12-15(19)3-2-4-16(12)21-18(24)17-6-5-13(9-20-17)10-22-8-7-14(23)11-22/h2-6,9,14,23H,7-8,10-11H2,1H3,(H,21,24)/t14-/m1/s1. The van der Waals surface area contributed by atoms with E-state index in [9.17, 15) is 9.90 Å². The van der Waals surface area contributed by atoms with Gasteiger partial charge in [0.15, 0.2) is 0 Å². The molecule has 24 heavy (non-hydrogen) atoms. The number of nitrogens with one attached hydrogen (secondary N) is 1. The van der Waals surface area contributed by atoms with Gasteiger partial charge in [-0.1, -0.05) is 28.1 Å². The van der Waals surface area contributed by atoms with E-state index < -0.39 is 0 Å². The first-order chi connectivity index (χ1) is 11.5. The Hall–Kier alpha value is -1.76. The van der Waals surface area contributed by atoms with Crippen LogP contribution >= 0.6 is 15.9 Å². The van der Waals surface area contributed by atoms with Crippen LogP contribution in [0.4, 0.5) is 5.69 Å². The maximum atomic E-state index is 12.3. The van der Waals surface area contributed by atoms with Crippen LogP contribution in [0, 0.1) is 6.92 Å². The average molecular weight is 390 g/mol. The molecule has 6 heteroatoms. The molecule has 1 aliphatic heterocycles. The summed E-state index contributed by atoms with van der Waals surface area (Å²) in [6, 6.07) is 9.34. The molecule has 0 bridgehead atoms. The Kier molecular flexibility index (Phi) is 5.28. The van der Waals surface area contributed by atoms with Crippen molar-refractivity contribution < 1.29 is 9.90 Å². The van der Waals surface area contributed by atoms with E-state index in [1.165, 1.54) is 0 Å². The lowest BCUT2D eigenvalue weighted by Gasteiger charge is -2.14. The smallest absolute Gasteiger partial charge is 0.274 e. The highest BCUT2D eigenvalue weighted by Gasteiger charge is 2.20. The van der Waals surface area contributed by atoms with Gasteiger partial charge >= 0.3 is 0 Å². The number of rotatable bonds is 4. The molecule has 1 atom stereocenters. The number of nitrogens with zero attached hydrogens (tertiary/aromatic N) is 2. The lowest BCUT2D eigenvalue weighted by molar-refractivity contribution is 0.102. The Bertz CT molecular complexity index is 734. The van der Waals surface area contributed by atoms with Crippen molar-refractivity contribution in [2.24, 2.45) is 0 Å². The van der Waals surface area contributed by atoms with Gasteiger partial charge in [-0.25, -0.2) is 0 Å². The number of carbonyl (C=O) groups is 1. The number of hydrogen-bond acceptors (Lipinski definition) is 4. The number of amides is 1. The quantitative estimate of drug-likeness (QED) is 0.843. The molecule has 2 aromatic rings. The summed E-state index contributed by atoms with van der Waals surface area (Å²) < 4.78 is 0.955. The number of hydrogen-bond donors (Lipinski definition) is 2. The summed E-state index contributed by atoms with van der Waals surface area (Å²) in [7, 11) is 0. The molecule has 3 rings (SSSR count). The van der Waals surface area contributed by atoms with E-state index in [4.69, 9.17) is 0 Å². The van der Waals surface area contributed by atoms with Crippen molar-refractivity contribution in [1.29, 1.82) is 0 Å². The predicted octanol–water partition coefficient (Wildman–Crippen LogP) is 2.97. The van der Waals surface area contributed by atoms with E-state index >= 15 is 0 Å². The second kappa shape index (κ2) is 7.42. The molecule has 0 radical (unpaired) electrons. The second-order valence-corrected chi connectivity index (χ2v) is 6.95.